The van der Waals surface area contributed by atoms with Crippen LogP contribution < -0.4 is 5.32 Å². The van der Waals surface area contributed by atoms with Gasteiger partial charge >= 0.3 is 5.97 Å². The third kappa shape index (κ3) is 4.99. The molecule has 0 heterocycles. The fraction of sp³-hybridized carbons (Fsp3) is 0.700. The largest absolute Gasteiger partial charge is 0.478 e. The first kappa shape index (κ1) is 13.1. The van der Waals surface area contributed by atoms with Gasteiger partial charge in [-0.1, -0.05) is 12.5 Å². The van der Waals surface area contributed by atoms with Crippen LogP contribution in [-0.4, -0.2) is 34.9 Å². The number of rotatable bonds is 6. The summed E-state index contributed by atoms with van der Waals surface area (Å²) in [5.41, 5.74) is 0.416. The molecule has 0 aromatic carbocycles. The molecule has 0 aliphatic heterocycles. The van der Waals surface area contributed by atoms with Crippen molar-refractivity contribution in [3.05, 3.63) is 11.6 Å². The van der Waals surface area contributed by atoms with Crippen molar-refractivity contribution in [2.75, 3.05) is 13.2 Å². The molecule has 3 N–H and O–H groups in total. The van der Waals surface area contributed by atoms with E-state index in [1.54, 1.807) is 6.92 Å². The predicted octanol–water partition coefficient (Wildman–Crippen LogP) is 0.768. The maximum atomic E-state index is 10.3. The molecule has 0 saturated heterocycles. The van der Waals surface area contributed by atoms with Gasteiger partial charge in [0.05, 0.1) is 6.61 Å². The lowest BCUT2D eigenvalue weighted by molar-refractivity contribution is -0.131. The van der Waals surface area contributed by atoms with E-state index in [4.69, 9.17) is 10.2 Å². The molecule has 1 unspecified atom stereocenters. The molecule has 14 heavy (non-hydrogen) atoms. The van der Waals surface area contributed by atoms with Gasteiger partial charge < -0.3 is 15.5 Å². The fourth-order valence-electron chi connectivity index (χ4n) is 0.907. The van der Waals surface area contributed by atoms with E-state index in [0.29, 0.717) is 6.54 Å². The number of nitrogens with one attached hydrogen (secondary N) is 1. The summed E-state index contributed by atoms with van der Waals surface area (Å²) in [6.45, 7) is 6.15. The molecule has 0 saturated carbocycles. The van der Waals surface area contributed by atoms with Gasteiger partial charge in [0.1, 0.15) is 0 Å². The lowest BCUT2D eigenvalue weighted by Gasteiger charge is -2.27. The molecule has 4 nitrogen and oxygen atoms in total. The van der Waals surface area contributed by atoms with Gasteiger partial charge in [0.15, 0.2) is 0 Å². The summed E-state index contributed by atoms with van der Waals surface area (Å²) in [6.07, 6.45) is 1.96. The van der Waals surface area contributed by atoms with Gasteiger partial charge in [-0.25, -0.2) is 4.79 Å². The highest BCUT2D eigenvalue weighted by atomic mass is 16.4. The van der Waals surface area contributed by atoms with Crippen molar-refractivity contribution in [1.82, 2.24) is 5.32 Å². The molecule has 0 spiro atoms. The van der Waals surface area contributed by atoms with Crippen molar-refractivity contribution in [2.45, 2.75) is 32.7 Å². The molecule has 82 valence electrons. The minimum Gasteiger partial charge on any atom is -0.478 e. The van der Waals surface area contributed by atoms with Gasteiger partial charge in [-0.2, -0.15) is 0 Å². The molecule has 0 bridgehead atoms. The van der Waals surface area contributed by atoms with Crippen molar-refractivity contribution in [2.24, 2.45) is 0 Å². The molecule has 0 aromatic rings. The predicted molar refractivity (Wildman–Crippen MR) is 55.2 cm³/mol. The maximum absolute atomic E-state index is 10.3. The minimum atomic E-state index is -0.938. The Labute approximate surface area is 84.6 Å². The monoisotopic (exact) mass is 201 g/mol. The lowest BCUT2D eigenvalue weighted by atomic mass is 10.00. The van der Waals surface area contributed by atoms with Crippen LogP contribution in [0.3, 0.4) is 0 Å². The number of carbonyl (C=O) groups is 1. The van der Waals surface area contributed by atoms with Crippen molar-refractivity contribution in [1.29, 1.82) is 0 Å². The third-order valence-electron chi connectivity index (χ3n) is 2.29. The molecule has 0 aromatic heterocycles. The van der Waals surface area contributed by atoms with Crippen molar-refractivity contribution in [3.8, 4) is 0 Å². The molecule has 4 heteroatoms. The van der Waals surface area contributed by atoms with Gasteiger partial charge in [0, 0.05) is 18.2 Å². The van der Waals surface area contributed by atoms with E-state index in [1.165, 1.54) is 6.08 Å². The number of hydrogen-bond acceptors (Lipinski definition) is 3. The number of aliphatic carboxylic acids is 1. The minimum absolute atomic E-state index is 0.0455. The Hall–Kier alpha value is -0.870. The number of aliphatic hydroxyl groups excluding tert-OH is 1. The average molecular weight is 201 g/mol. The Kier molecular flexibility index (Phi) is 5.42. The quantitative estimate of drug-likeness (QED) is 0.555. The van der Waals surface area contributed by atoms with E-state index in [9.17, 15) is 4.79 Å². The Bertz CT molecular complexity index is 219. The summed E-state index contributed by atoms with van der Waals surface area (Å²) >= 11 is 0. The highest BCUT2D eigenvalue weighted by molar-refractivity contribution is 5.80. The number of hydrogen-bond donors (Lipinski definition) is 3. The van der Waals surface area contributed by atoms with Crippen molar-refractivity contribution >= 4 is 5.97 Å². The van der Waals surface area contributed by atoms with Crippen LogP contribution >= 0.6 is 0 Å². The molecule has 0 fully saturated rings. The number of aliphatic hydroxyl groups is 1. The zero-order chi connectivity index (χ0) is 11.2. The second-order valence-corrected chi connectivity index (χ2v) is 3.75. The third-order valence-corrected chi connectivity index (χ3v) is 2.29. The summed E-state index contributed by atoms with van der Waals surface area (Å²) in [5.74, 6) is -0.938. The Morgan fingerprint density at radius 3 is 2.50 bits per heavy atom. The van der Waals surface area contributed by atoms with Crippen LogP contribution in [0.5, 0.6) is 0 Å². The summed E-state index contributed by atoms with van der Waals surface area (Å²) in [7, 11) is 0. The normalized spacial score (nSPS) is 16.4. The van der Waals surface area contributed by atoms with E-state index in [2.05, 4.69) is 5.32 Å². The van der Waals surface area contributed by atoms with Crippen LogP contribution in [0.4, 0.5) is 0 Å². The Morgan fingerprint density at radius 2 is 2.14 bits per heavy atom. The van der Waals surface area contributed by atoms with E-state index >= 15 is 0 Å². The Morgan fingerprint density at radius 1 is 1.57 bits per heavy atom. The first-order valence-corrected chi connectivity index (χ1v) is 4.69. The van der Waals surface area contributed by atoms with Gasteiger partial charge in [-0.05, 0) is 20.3 Å². The SMILES string of the molecule is CCC(C)(CO)NCC(C)=CC(=O)O. The lowest BCUT2D eigenvalue weighted by Crippen LogP contribution is -2.45. The molecule has 1 atom stereocenters. The number of carboxylic acid groups (broad SMARTS) is 1. The second kappa shape index (κ2) is 5.78. The van der Waals surface area contributed by atoms with E-state index in [-0.39, 0.29) is 12.1 Å². The van der Waals surface area contributed by atoms with Crippen LogP contribution in [0, 0.1) is 0 Å². The van der Waals surface area contributed by atoms with Gasteiger partial charge in [0.25, 0.3) is 0 Å². The van der Waals surface area contributed by atoms with Gasteiger partial charge in [0.2, 0.25) is 0 Å². The van der Waals surface area contributed by atoms with E-state index < -0.39 is 5.97 Å². The topological polar surface area (TPSA) is 69.6 Å². The smallest absolute Gasteiger partial charge is 0.328 e. The highest BCUT2D eigenvalue weighted by Gasteiger charge is 2.19. The first-order valence-electron chi connectivity index (χ1n) is 4.69. The van der Waals surface area contributed by atoms with E-state index in [1.807, 2.05) is 13.8 Å². The maximum Gasteiger partial charge on any atom is 0.328 e. The number of carboxylic acids is 1. The highest BCUT2D eigenvalue weighted by Crippen LogP contribution is 2.07. The summed E-state index contributed by atoms with van der Waals surface area (Å²) in [6, 6.07) is 0. The fourth-order valence-corrected chi connectivity index (χ4v) is 0.907. The van der Waals surface area contributed by atoms with E-state index in [0.717, 1.165) is 12.0 Å². The average Bonchev–Trinajstić information content (AvgIpc) is 2.13. The molecule has 0 aliphatic carbocycles. The molecular formula is C10H19NO3. The zero-order valence-corrected chi connectivity index (χ0v) is 9.00. The van der Waals surface area contributed by atoms with Crippen LogP contribution in [0.25, 0.3) is 0 Å². The second-order valence-electron chi connectivity index (χ2n) is 3.75. The van der Waals surface area contributed by atoms with Gasteiger partial charge in [-0.15, -0.1) is 0 Å². The standard InChI is InChI=1S/C10H19NO3/c1-4-10(3,7-12)11-6-8(2)5-9(13)14/h5,11-12H,4,6-7H2,1-3H3,(H,13,14). The summed E-state index contributed by atoms with van der Waals surface area (Å²) in [4.78, 5) is 10.3. The molecule has 0 rings (SSSR count). The molecule has 0 amide bonds. The summed E-state index contributed by atoms with van der Waals surface area (Å²) < 4.78 is 0. The van der Waals surface area contributed by atoms with Crippen LogP contribution in [0.2, 0.25) is 0 Å². The summed E-state index contributed by atoms with van der Waals surface area (Å²) in [5, 5.41) is 20.7. The molecule has 0 radical (unpaired) electrons. The van der Waals surface area contributed by atoms with Crippen LogP contribution in [-0.2, 0) is 4.79 Å². The zero-order valence-electron chi connectivity index (χ0n) is 9.00. The van der Waals surface area contributed by atoms with Crippen LogP contribution in [0.15, 0.2) is 11.6 Å². The molecule has 0 aliphatic rings. The Balaban J connectivity index is 4.10. The van der Waals surface area contributed by atoms with Crippen molar-refractivity contribution < 1.29 is 15.0 Å². The van der Waals surface area contributed by atoms with Crippen LogP contribution in [0.1, 0.15) is 27.2 Å². The van der Waals surface area contributed by atoms with Crippen molar-refractivity contribution in [3.63, 3.8) is 0 Å². The van der Waals surface area contributed by atoms with Gasteiger partial charge in [-0.3, -0.25) is 0 Å². The first-order chi connectivity index (χ1) is 6.43. The molecular weight excluding hydrogens is 182 g/mol.